The molecule has 0 aliphatic carbocycles. The van der Waals surface area contributed by atoms with E-state index in [9.17, 15) is 33.7 Å². The molecule has 230 valence electrons. The van der Waals surface area contributed by atoms with Crippen molar-refractivity contribution in [3.8, 4) is 0 Å². The Morgan fingerprint density at radius 1 is 0.714 bits per heavy atom. The van der Waals surface area contributed by atoms with Crippen molar-refractivity contribution in [3.05, 3.63) is 54.4 Å². The van der Waals surface area contributed by atoms with Crippen molar-refractivity contribution >= 4 is 63.7 Å². The average molecular weight is 668 g/mol. The number of hydrogen-bond acceptors (Lipinski definition) is 16. The van der Waals surface area contributed by atoms with Crippen LogP contribution in [0.5, 0.6) is 0 Å². The van der Waals surface area contributed by atoms with Gasteiger partial charge in [-0.05, 0) is 49.4 Å². The van der Waals surface area contributed by atoms with E-state index >= 15 is 0 Å². The molecular weight excluding hydrogens is 643 g/mol. The Labute approximate surface area is 242 Å². The molecule has 0 amide bonds. The highest BCUT2D eigenvalue weighted by molar-refractivity contribution is 7.91. The molecule has 1 heterocycles. The molecular formula is C21H25N5O12S4. The summed E-state index contributed by atoms with van der Waals surface area (Å²) in [6.45, 7) is 0.173. The van der Waals surface area contributed by atoms with E-state index in [0.29, 0.717) is 5.69 Å². The molecule has 0 aliphatic rings. The number of rotatable bonds is 15. The van der Waals surface area contributed by atoms with Crippen LogP contribution in [-0.2, 0) is 53.0 Å². The van der Waals surface area contributed by atoms with E-state index in [1.165, 1.54) is 48.5 Å². The number of nitrogens with one attached hydrogen (secondary N) is 2. The Morgan fingerprint density at radius 2 is 1.26 bits per heavy atom. The van der Waals surface area contributed by atoms with Crippen LogP contribution in [-0.4, -0.2) is 85.0 Å². The van der Waals surface area contributed by atoms with Crippen LogP contribution >= 0.6 is 0 Å². The molecule has 0 aliphatic heterocycles. The summed E-state index contributed by atoms with van der Waals surface area (Å²) in [6, 6.07) is 11.0. The maximum atomic E-state index is 12.5. The van der Waals surface area contributed by atoms with Gasteiger partial charge in [0, 0.05) is 11.4 Å². The van der Waals surface area contributed by atoms with Crippen molar-refractivity contribution < 1.29 is 50.8 Å². The summed E-state index contributed by atoms with van der Waals surface area (Å²) in [7, 11) is -16.0. The Hall–Kier alpha value is -3.31. The van der Waals surface area contributed by atoms with Gasteiger partial charge in [-0.3, -0.25) is 8.74 Å². The van der Waals surface area contributed by atoms with E-state index < -0.39 is 65.2 Å². The minimum Gasteiger partial charge on any atom is -0.324 e. The van der Waals surface area contributed by atoms with E-state index in [-0.39, 0.29) is 33.2 Å². The third kappa shape index (κ3) is 10.2. The molecule has 17 nitrogen and oxygen atoms in total. The van der Waals surface area contributed by atoms with Crippen molar-refractivity contribution in [2.75, 3.05) is 42.5 Å². The van der Waals surface area contributed by atoms with E-state index in [1.54, 1.807) is 6.92 Å². The number of anilines is 4. The fourth-order valence-corrected chi connectivity index (χ4v) is 6.25. The Bertz CT molecular complexity index is 1850. The summed E-state index contributed by atoms with van der Waals surface area (Å²) in [4.78, 5) is 12.3. The summed E-state index contributed by atoms with van der Waals surface area (Å²) in [5.41, 5.74) is 0.684. The molecule has 2 aromatic carbocycles. The SMILES string of the molecule is COS(=O)(=O)OCCS(=O)(=O)c1ccc(Nc2nc(C)nc(Nc3cccc(S(=O)(=O)CCOS(=O)(=O)O)c3)n2)cc1. The Kier molecular flexibility index (Phi) is 10.5. The van der Waals surface area contributed by atoms with Gasteiger partial charge in [-0.1, -0.05) is 6.07 Å². The molecule has 21 heteroatoms. The average Bonchev–Trinajstić information content (AvgIpc) is 2.88. The first-order chi connectivity index (χ1) is 19.5. The third-order valence-corrected chi connectivity index (χ3v) is 9.73. The number of aromatic nitrogens is 3. The van der Waals surface area contributed by atoms with Gasteiger partial charge in [-0.2, -0.15) is 31.8 Å². The van der Waals surface area contributed by atoms with Gasteiger partial charge < -0.3 is 10.6 Å². The van der Waals surface area contributed by atoms with Gasteiger partial charge in [-0.15, -0.1) is 0 Å². The monoisotopic (exact) mass is 667 g/mol. The quantitative estimate of drug-likeness (QED) is 0.191. The van der Waals surface area contributed by atoms with Gasteiger partial charge in [0.2, 0.25) is 11.9 Å². The van der Waals surface area contributed by atoms with Gasteiger partial charge >= 0.3 is 20.8 Å². The van der Waals surface area contributed by atoms with E-state index in [4.69, 9.17) is 4.55 Å². The summed E-state index contributed by atoms with van der Waals surface area (Å²) in [5.74, 6) is -0.917. The van der Waals surface area contributed by atoms with Crippen LogP contribution in [0, 0.1) is 6.92 Å². The van der Waals surface area contributed by atoms with Gasteiger partial charge in [0.25, 0.3) is 0 Å². The number of hydrogen-bond donors (Lipinski definition) is 3. The van der Waals surface area contributed by atoms with E-state index in [1.807, 2.05) is 0 Å². The number of benzene rings is 2. The molecule has 3 N–H and O–H groups in total. The zero-order chi connectivity index (χ0) is 31.2. The van der Waals surface area contributed by atoms with Crippen molar-refractivity contribution in [1.82, 2.24) is 15.0 Å². The largest absolute Gasteiger partial charge is 0.399 e. The van der Waals surface area contributed by atoms with Gasteiger partial charge in [0.15, 0.2) is 19.7 Å². The normalized spacial score (nSPS) is 12.6. The highest BCUT2D eigenvalue weighted by Crippen LogP contribution is 2.22. The number of sulfone groups is 2. The Balaban J connectivity index is 1.69. The lowest BCUT2D eigenvalue weighted by molar-refractivity contribution is 0.255. The van der Waals surface area contributed by atoms with E-state index in [0.717, 1.165) is 7.11 Å². The predicted molar refractivity (Wildman–Crippen MR) is 148 cm³/mol. The number of nitrogens with zero attached hydrogens (tertiary/aromatic N) is 3. The lowest BCUT2D eigenvalue weighted by Gasteiger charge is -2.11. The van der Waals surface area contributed by atoms with Gasteiger partial charge in [0.05, 0.1) is 41.6 Å². The number of aryl methyl sites for hydroxylation is 1. The topological polar surface area (TPSA) is 247 Å². The lowest BCUT2D eigenvalue weighted by atomic mass is 10.3. The lowest BCUT2D eigenvalue weighted by Crippen LogP contribution is -2.16. The summed E-state index contributed by atoms with van der Waals surface area (Å²) < 4.78 is 115. The first kappa shape index (κ1) is 33.2. The summed E-state index contributed by atoms with van der Waals surface area (Å²) >= 11 is 0. The highest BCUT2D eigenvalue weighted by Gasteiger charge is 2.19. The first-order valence-corrected chi connectivity index (χ1v) is 17.5. The van der Waals surface area contributed by atoms with Crippen LogP contribution < -0.4 is 10.6 Å². The van der Waals surface area contributed by atoms with E-state index in [2.05, 4.69) is 38.1 Å². The highest BCUT2D eigenvalue weighted by atomic mass is 32.3. The first-order valence-electron chi connectivity index (χ1n) is 11.5. The minimum atomic E-state index is -4.78. The van der Waals surface area contributed by atoms with Crippen molar-refractivity contribution in [1.29, 1.82) is 0 Å². The second-order valence-electron chi connectivity index (χ2n) is 8.12. The van der Waals surface area contributed by atoms with Gasteiger partial charge in [-0.25, -0.2) is 25.2 Å². The fraction of sp³-hybridized carbons (Fsp3) is 0.286. The van der Waals surface area contributed by atoms with Crippen LogP contribution in [0.3, 0.4) is 0 Å². The fourth-order valence-electron chi connectivity index (χ4n) is 3.14. The van der Waals surface area contributed by atoms with Gasteiger partial charge in [0.1, 0.15) is 5.82 Å². The zero-order valence-corrected chi connectivity index (χ0v) is 25.1. The zero-order valence-electron chi connectivity index (χ0n) is 21.9. The van der Waals surface area contributed by atoms with Crippen molar-refractivity contribution in [3.63, 3.8) is 0 Å². The van der Waals surface area contributed by atoms with Crippen LogP contribution in [0.15, 0.2) is 58.3 Å². The molecule has 0 bridgehead atoms. The standard InChI is InChI=1S/C21H25N5O12S4/c1-15-22-20(24-16-6-8-18(9-7-16)39(27,28)13-11-38-42(34,35)36-2)26-21(23-15)25-17-4-3-5-19(14-17)40(29,30)12-10-37-41(31,32)33/h3-9,14H,10-13H2,1-2H3,(H,31,32,33)(H2,22,23,24,25,26). The molecule has 0 fully saturated rings. The smallest absolute Gasteiger partial charge is 0.324 e. The predicted octanol–water partition coefficient (Wildman–Crippen LogP) is 0.942. The maximum Gasteiger partial charge on any atom is 0.399 e. The second kappa shape index (κ2) is 13.3. The second-order valence-corrected chi connectivity index (χ2v) is 14.8. The van der Waals surface area contributed by atoms with Crippen LogP contribution in [0.4, 0.5) is 23.3 Å². The molecule has 0 atom stereocenters. The molecule has 0 saturated carbocycles. The molecule has 3 aromatic rings. The van der Waals surface area contributed by atoms with Crippen LogP contribution in [0.2, 0.25) is 0 Å². The van der Waals surface area contributed by atoms with Crippen molar-refractivity contribution in [2.24, 2.45) is 0 Å². The van der Waals surface area contributed by atoms with Crippen LogP contribution in [0.1, 0.15) is 5.82 Å². The molecule has 42 heavy (non-hydrogen) atoms. The Morgan fingerprint density at radius 3 is 1.83 bits per heavy atom. The summed E-state index contributed by atoms with van der Waals surface area (Å²) in [5, 5.41) is 5.74. The molecule has 1 aromatic heterocycles. The maximum absolute atomic E-state index is 12.5. The molecule has 0 unspecified atom stereocenters. The minimum absolute atomic E-state index is 0.0412. The molecule has 0 saturated heterocycles. The third-order valence-electron chi connectivity index (χ3n) is 5.03. The van der Waals surface area contributed by atoms with Crippen molar-refractivity contribution in [2.45, 2.75) is 16.7 Å². The molecule has 0 radical (unpaired) electrons. The molecule has 0 spiro atoms. The van der Waals surface area contributed by atoms with Crippen LogP contribution in [0.25, 0.3) is 0 Å². The summed E-state index contributed by atoms with van der Waals surface area (Å²) in [6.07, 6.45) is 0. The molecule has 3 rings (SSSR count).